The third kappa shape index (κ3) is 4.33. The number of benzene rings is 1. The van der Waals surface area contributed by atoms with Crippen LogP contribution in [-0.4, -0.2) is 35.5 Å². The molecular weight excluding hydrogens is 322 g/mol. The molecule has 6 heteroatoms. The minimum atomic E-state index is -0.155. The topological polar surface area (TPSA) is 54.5 Å². The van der Waals surface area contributed by atoms with Gasteiger partial charge in [0.1, 0.15) is 12.4 Å². The first-order valence-electron chi connectivity index (χ1n) is 8.31. The van der Waals surface area contributed by atoms with E-state index in [2.05, 4.69) is 29.0 Å². The molecule has 0 spiro atoms. The van der Waals surface area contributed by atoms with Crippen LogP contribution < -0.4 is 10.1 Å². The molecule has 2 aromatic rings. The number of nitrogens with zero attached hydrogens (tertiary/aromatic N) is 2. The zero-order valence-corrected chi connectivity index (χ0v) is 14.9. The normalized spacial score (nSPS) is 14.8. The number of carbonyl (C=O) groups excluding carboxylic acids is 1. The highest BCUT2D eigenvalue weighted by atomic mass is 32.1. The highest BCUT2D eigenvalue weighted by Crippen LogP contribution is 2.25. The quantitative estimate of drug-likeness (QED) is 0.899. The van der Waals surface area contributed by atoms with Crippen molar-refractivity contribution in [2.45, 2.75) is 26.8 Å². The minimum absolute atomic E-state index is 0.155. The van der Waals surface area contributed by atoms with Gasteiger partial charge in [0.05, 0.1) is 0 Å². The van der Waals surface area contributed by atoms with Crippen LogP contribution in [0.4, 0.5) is 5.13 Å². The Morgan fingerprint density at radius 3 is 3.08 bits per heavy atom. The number of hydrogen-bond donors (Lipinski definition) is 1. The average molecular weight is 345 g/mol. The van der Waals surface area contributed by atoms with Crippen LogP contribution in [0.25, 0.3) is 0 Å². The Hall–Kier alpha value is -1.92. The van der Waals surface area contributed by atoms with Gasteiger partial charge in [-0.05, 0) is 31.0 Å². The van der Waals surface area contributed by atoms with E-state index < -0.39 is 0 Å². The lowest BCUT2D eigenvalue weighted by Gasteiger charge is -2.20. The van der Waals surface area contributed by atoms with E-state index in [0.717, 1.165) is 30.9 Å². The highest BCUT2D eigenvalue weighted by molar-refractivity contribution is 7.13. The molecule has 1 N–H and O–H groups in total. The molecule has 0 fully saturated rings. The largest absolute Gasteiger partial charge is 0.492 e. The van der Waals surface area contributed by atoms with Crippen LogP contribution in [0.2, 0.25) is 0 Å². The molecule has 1 aliphatic heterocycles. The van der Waals surface area contributed by atoms with Crippen molar-refractivity contribution in [2.24, 2.45) is 5.92 Å². The summed E-state index contributed by atoms with van der Waals surface area (Å²) >= 11 is 1.41. The first kappa shape index (κ1) is 16.9. The van der Waals surface area contributed by atoms with E-state index in [4.69, 9.17) is 4.74 Å². The summed E-state index contributed by atoms with van der Waals surface area (Å²) in [5.74, 6) is 1.36. The fourth-order valence-electron chi connectivity index (χ4n) is 2.65. The number of rotatable bonds is 5. The summed E-state index contributed by atoms with van der Waals surface area (Å²) < 4.78 is 5.88. The number of nitrogens with one attached hydrogen (secondary N) is 1. The molecule has 0 saturated carbocycles. The lowest BCUT2D eigenvalue weighted by Crippen LogP contribution is -2.27. The number of amides is 1. The number of fused-ring (bicyclic) bond motifs is 1. The van der Waals surface area contributed by atoms with Gasteiger partial charge in [0.25, 0.3) is 5.91 Å². The monoisotopic (exact) mass is 345 g/mol. The van der Waals surface area contributed by atoms with Crippen LogP contribution >= 0.6 is 11.3 Å². The van der Waals surface area contributed by atoms with E-state index in [1.165, 1.54) is 17.8 Å². The van der Waals surface area contributed by atoms with Gasteiger partial charge in [-0.2, -0.15) is 0 Å². The number of anilines is 1. The lowest BCUT2D eigenvalue weighted by molar-refractivity contribution is 0.102. The standard InChI is InChI=1S/C18H23N3O2S/c1-13(2)5-7-21-8-9-23-16-11-14(3-4-15(16)12-21)17(22)20-18-19-6-10-24-18/h3-4,6,10-11,13H,5,7-9,12H2,1-2H3,(H,19,20,22). The van der Waals surface area contributed by atoms with Gasteiger partial charge in [0.15, 0.2) is 5.13 Å². The zero-order valence-electron chi connectivity index (χ0n) is 14.1. The first-order chi connectivity index (χ1) is 11.6. The van der Waals surface area contributed by atoms with Crippen molar-refractivity contribution >= 4 is 22.4 Å². The second-order valence-corrected chi connectivity index (χ2v) is 7.32. The molecule has 0 bridgehead atoms. The highest BCUT2D eigenvalue weighted by Gasteiger charge is 2.17. The fraction of sp³-hybridized carbons (Fsp3) is 0.444. The third-order valence-electron chi connectivity index (χ3n) is 4.06. The van der Waals surface area contributed by atoms with Gasteiger partial charge in [0, 0.05) is 35.8 Å². The summed E-state index contributed by atoms with van der Waals surface area (Å²) in [7, 11) is 0. The number of thiazole rings is 1. The Balaban J connectivity index is 1.69. The van der Waals surface area contributed by atoms with E-state index >= 15 is 0 Å². The van der Waals surface area contributed by atoms with Gasteiger partial charge < -0.3 is 4.74 Å². The summed E-state index contributed by atoms with van der Waals surface area (Å²) in [5, 5.41) is 5.25. The smallest absolute Gasteiger partial charge is 0.257 e. The number of hydrogen-bond acceptors (Lipinski definition) is 5. The maximum Gasteiger partial charge on any atom is 0.257 e. The summed E-state index contributed by atoms with van der Waals surface area (Å²) in [6.45, 7) is 8.01. The molecule has 0 saturated heterocycles. The zero-order chi connectivity index (χ0) is 16.9. The predicted octanol–water partition coefficient (Wildman–Crippen LogP) is 3.64. The first-order valence-corrected chi connectivity index (χ1v) is 9.18. The fourth-order valence-corrected chi connectivity index (χ4v) is 3.18. The van der Waals surface area contributed by atoms with Crippen LogP contribution in [0.3, 0.4) is 0 Å². The average Bonchev–Trinajstić information content (AvgIpc) is 2.97. The van der Waals surface area contributed by atoms with Gasteiger partial charge in [-0.25, -0.2) is 4.98 Å². The van der Waals surface area contributed by atoms with Crippen LogP contribution in [0.15, 0.2) is 29.8 Å². The van der Waals surface area contributed by atoms with Gasteiger partial charge in [-0.1, -0.05) is 19.9 Å². The van der Waals surface area contributed by atoms with Crippen molar-refractivity contribution in [1.29, 1.82) is 0 Å². The van der Waals surface area contributed by atoms with Crippen molar-refractivity contribution in [3.8, 4) is 5.75 Å². The molecule has 0 atom stereocenters. The molecule has 24 heavy (non-hydrogen) atoms. The Bertz CT molecular complexity index is 686. The third-order valence-corrected chi connectivity index (χ3v) is 4.75. The van der Waals surface area contributed by atoms with Gasteiger partial charge in [0.2, 0.25) is 0 Å². The molecule has 2 heterocycles. The molecule has 5 nitrogen and oxygen atoms in total. The molecule has 0 radical (unpaired) electrons. The molecule has 3 rings (SSSR count). The Morgan fingerprint density at radius 1 is 1.46 bits per heavy atom. The SMILES string of the molecule is CC(C)CCN1CCOc2cc(C(=O)Nc3nccs3)ccc2C1. The van der Waals surface area contributed by atoms with E-state index in [9.17, 15) is 4.79 Å². The summed E-state index contributed by atoms with van der Waals surface area (Å²) in [4.78, 5) is 18.8. The number of ether oxygens (including phenoxy) is 1. The molecule has 128 valence electrons. The molecule has 1 amide bonds. The molecule has 1 aromatic heterocycles. The van der Waals surface area contributed by atoms with Crippen LogP contribution in [0.5, 0.6) is 5.75 Å². The predicted molar refractivity (Wildman–Crippen MR) is 96.7 cm³/mol. The number of carbonyl (C=O) groups is 1. The summed E-state index contributed by atoms with van der Waals surface area (Å²) in [6.07, 6.45) is 2.86. The van der Waals surface area contributed by atoms with Crippen molar-refractivity contribution < 1.29 is 9.53 Å². The van der Waals surface area contributed by atoms with E-state index in [-0.39, 0.29) is 5.91 Å². The Morgan fingerprint density at radius 2 is 2.33 bits per heavy atom. The van der Waals surface area contributed by atoms with Crippen molar-refractivity contribution in [3.05, 3.63) is 40.9 Å². The van der Waals surface area contributed by atoms with Crippen molar-refractivity contribution in [3.63, 3.8) is 0 Å². The van der Waals surface area contributed by atoms with Crippen molar-refractivity contribution in [2.75, 3.05) is 25.0 Å². The van der Waals surface area contributed by atoms with Crippen molar-refractivity contribution in [1.82, 2.24) is 9.88 Å². The maximum absolute atomic E-state index is 12.3. The molecule has 0 unspecified atom stereocenters. The number of aromatic nitrogens is 1. The summed E-state index contributed by atoms with van der Waals surface area (Å²) in [5.41, 5.74) is 1.74. The maximum atomic E-state index is 12.3. The van der Waals surface area contributed by atoms with E-state index in [1.807, 2.05) is 23.6 Å². The minimum Gasteiger partial charge on any atom is -0.492 e. The molecule has 0 aliphatic carbocycles. The van der Waals surface area contributed by atoms with Crippen LogP contribution in [0.1, 0.15) is 36.2 Å². The second kappa shape index (κ2) is 7.77. The van der Waals surface area contributed by atoms with Gasteiger partial charge in [-0.3, -0.25) is 15.0 Å². The second-order valence-electron chi connectivity index (χ2n) is 6.42. The van der Waals surface area contributed by atoms with Crippen LogP contribution in [-0.2, 0) is 6.54 Å². The Kier molecular flexibility index (Phi) is 5.48. The van der Waals surface area contributed by atoms with E-state index in [0.29, 0.717) is 23.2 Å². The van der Waals surface area contributed by atoms with E-state index in [1.54, 1.807) is 6.20 Å². The van der Waals surface area contributed by atoms with Crippen LogP contribution in [0, 0.1) is 5.92 Å². The molecule has 1 aromatic carbocycles. The lowest BCUT2D eigenvalue weighted by atomic mass is 10.1. The molecular formula is C18H23N3O2S. The van der Waals surface area contributed by atoms with Gasteiger partial charge >= 0.3 is 0 Å². The molecule has 1 aliphatic rings. The van der Waals surface area contributed by atoms with Gasteiger partial charge in [-0.15, -0.1) is 11.3 Å². The Labute approximate surface area is 146 Å². The summed E-state index contributed by atoms with van der Waals surface area (Å²) in [6, 6.07) is 5.70.